The predicted molar refractivity (Wildman–Crippen MR) is 88.1 cm³/mol. The summed E-state index contributed by atoms with van der Waals surface area (Å²) < 4.78 is 0.940. The lowest BCUT2D eigenvalue weighted by Crippen LogP contribution is -2.28. The van der Waals surface area contributed by atoms with Gasteiger partial charge in [-0.2, -0.15) is 0 Å². The van der Waals surface area contributed by atoms with Crippen LogP contribution in [0, 0.1) is 6.92 Å². The summed E-state index contributed by atoms with van der Waals surface area (Å²) in [7, 11) is 0. The summed E-state index contributed by atoms with van der Waals surface area (Å²) in [4.78, 5) is 12.2. The van der Waals surface area contributed by atoms with E-state index in [9.17, 15) is 9.90 Å². The maximum Gasteiger partial charge on any atom is 0.227 e. The highest BCUT2D eigenvalue weighted by Gasteiger charge is 2.26. The molecule has 4 heteroatoms. The molecule has 0 spiro atoms. The van der Waals surface area contributed by atoms with Gasteiger partial charge in [0.05, 0.1) is 12.0 Å². The quantitative estimate of drug-likeness (QED) is 0.878. The van der Waals surface area contributed by atoms with Crippen LogP contribution in [0.4, 0.5) is 5.69 Å². The second-order valence-electron chi connectivity index (χ2n) is 5.28. The van der Waals surface area contributed by atoms with Crippen LogP contribution in [0.3, 0.4) is 0 Å². The summed E-state index contributed by atoms with van der Waals surface area (Å²) in [5, 5.41) is 13.3. The van der Waals surface area contributed by atoms with Crippen LogP contribution in [-0.2, 0) is 10.4 Å². The highest BCUT2D eigenvalue weighted by molar-refractivity contribution is 9.10. The molecule has 0 aliphatic carbocycles. The number of carbonyl (C=O) groups excluding carboxylic acids is 1. The van der Waals surface area contributed by atoms with Crippen molar-refractivity contribution in [3.05, 3.63) is 64.1 Å². The van der Waals surface area contributed by atoms with Gasteiger partial charge in [0.1, 0.15) is 0 Å². The number of anilines is 1. The summed E-state index contributed by atoms with van der Waals surface area (Å²) in [6.45, 7) is 3.57. The molecule has 0 heterocycles. The number of rotatable bonds is 4. The highest BCUT2D eigenvalue weighted by atomic mass is 79.9. The third-order valence-corrected chi connectivity index (χ3v) is 4.30. The number of carbonyl (C=O) groups is 1. The number of benzene rings is 2. The normalized spacial score (nSPS) is 13.5. The molecule has 0 bridgehead atoms. The van der Waals surface area contributed by atoms with Gasteiger partial charge in [0, 0.05) is 10.2 Å². The van der Waals surface area contributed by atoms with Crippen molar-refractivity contribution in [1.29, 1.82) is 0 Å². The smallest absolute Gasteiger partial charge is 0.227 e. The zero-order chi connectivity index (χ0) is 15.5. The van der Waals surface area contributed by atoms with Gasteiger partial charge in [-0.25, -0.2) is 0 Å². The minimum absolute atomic E-state index is 0.00294. The molecule has 0 aliphatic heterocycles. The van der Waals surface area contributed by atoms with E-state index < -0.39 is 5.60 Å². The maximum atomic E-state index is 12.2. The van der Waals surface area contributed by atoms with E-state index in [0.29, 0.717) is 0 Å². The number of nitrogens with one attached hydrogen (secondary N) is 1. The molecule has 2 rings (SSSR count). The number of halogens is 1. The molecular weight excluding hydrogens is 330 g/mol. The van der Waals surface area contributed by atoms with Crippen LogP contribution in [0.1, 0.15) is 24.5 Å². The molecule has 2 aromatic carbocycles. The fourth-order valence-electron chi connectivity index (χ4n) is 2.15. The summed E-state index contributed by atoms with van der Waals surface area (Å²) in [6, 6.07) is 14.8. The largest absolute Gasteiger partial charge is 0.385 e. The van der Waals surface area contributed by atoms with Crippen molar-refractivity contribution in [2.45, 2.75) is 25.9 Å². The van der Waals surface area contributed by atoms with Crippen LogP contribution in [-0.4, -0.2) is 11.0 Å². The van der Waals surface area contributed by atoms with Crippen molar-refractivity contribution >= 4 is 27.5 Å². The van der Waals surface area contributed by atoms with Crippen LogP contribution in [0.25, 0.3) is 0 Å². The third-order valence-electron chi connectivity index (χ3n) is 3.44. The summed E-state index contributed by atoms with van der Waals surface area (Å²) >= 11 is 3.43. The molecule has 21 heavy (non-hydrogen) atoms. The van der Waals surface area contributed by atoms with Crippen molar-refractivity contribution in [1.82, 2.24) is 0 Å². The van der Waals surface area contributed by atoms with Crippen molar-refractivity contribution < 1.29 is 9.90 Å². The van der Waals surface area contributed by atoms with Crippen LogP contribution < -0.4 is 5.32 Å². The lowest BCUT2D eigenvalue weighted by atomic mass is 9.92. The van der Waals surface area contributed by atoms with E-state index in [1.165, 1.54) is 0 Å². The number of hydrogen-bond donors (Lipinski definition) is 2. The molecule has 3 nitrogen and oxygen atoms in total. The SMILES string of the molecule is Cc1c(Br)cccc1NC(=O)CC(C)(O)c1ccccc1. The van der Waals surface area contributed by atoms with Gasteiger partial charge >= 0.3 is 0 Å². The van der Waals surface area contributed by atoms with E-state index in [2.05, 4.69) is 21.2 Å². The molecule has 1 atom stereocenters. The molecule has 0 aliphatic rings. The number of aliphatic hydroxyl groups is 1. The van der Waals surface area contributed by atoms with Gasteiger partial charge in [-0.05, 0) is 37.1 Å². The van der Waals surface area contributed by atoms with E-state index in [4.69, 9.17) is 0 Å². The Morgan fingerprint density at radius 3 is 2.52 bits per heavy atom. The minimum Gasteiger partial charge on any atom is -0.385 e. The van der Waals surface area contributed by atoms with E-state index in [1.807, 2.05) is 55.5 Å². The topological polar surface area (TPSA) is 49.3 Å². The number of hydrogen-bond acceptors (Lipinski definition) is 2. The minimum atomic E-state index is -1.19. The third kappa shape index (κ3) is 3.93. The Labute approximate surface area is 133 Å². The Kier molecular flexibility index (Phi) is 4.80. The summed E-state index contributed by atoms with van der Waals surface area (Å²) in [6.07, 6.45) is 0.00294. The Hall–Kier alpha value is -1.65. The zero-order valence-corrected chi connectivity index (χ0v) is 13.6. The van der Waals surface area contributed by atoms with Crippen LogP contribution >= 0.6 is 15.9 Å². The van der Waals surface area contributed by atoms with Gasteiger partial charge < -0.3 is 10.4 Å². The molecule has 2 aromatic rings. The molecule has 0 aromatic heterocycles. The lowest BCUT2D eigenvalue weighted by molar-refractivity contribution is -0.120. The van der Waals surface area contributed by atoms with Crippen molar-refractivity contribution in [2.24, 2.45) is 0 Å². The Balaban J connectivity index is 2.10. The van der Waals surface area contributed by atoms with Crippen LogP contribution in [0.2, 0.25) is 0 Å². The fourth-order valence-corrected chi connectivity index (χ4v) is 2.52. The van der Waals surface area contributed by atoms with Crippen molar-refractivity contribution in [3.8, 4) is 0 Å². The molecule has 0 radical (unpaired) electrons. The standard InChI is InChI=1S/C17H18BrNO2/c1-12-14(18)9-6-10-15(12)19-16(20)11-17(2,21)13-7-4-3-5-8-13/h3-10,21H,11H2,1-2H3,(H,19,20). The van der Waals surface area contributed by atoms with E-state index in [0.717, 1.165) is 21.3 Å². The Morgan fingerprint density at radius 1 is 1.19 bits per heavy atom. The molecule has 0 saturated heterocycles. The molecular formula is C17H18BrNO2. The molecule has 2 N–H and O–H groups in total. The monoisotopic (exact) mass is 347 g/mol. The first-order valence-electron chi connectivity index (χ1n) is 6.73. The Morgan fingerprint density at radius 2 is 1.86 bits per heavy atom. The first kappa shape index (κ1) is 15.7. The van der Waals surface area contributed by atoms with Crippen LogP contribution in [0.15, 0.2) is 53.0 Å². The fraction of sp³-hybridized carbons (Fsp3) is 0.235. The highest BCUT2D eigenvalue weighted by Crippen LogP contribution is 2.27. The van der Waals surface area contributed by atoms with E-state index in [-0.39, 0.29) is 12.3 Å². The average Bonchev–Trinajstić information content (AvgIpc) is 2.44. The first-order valence-corrected chi connectivity index (χ1v) is 7.52. The first-order chi connectivity index (χ1) is 9.90. The maximum absolute atomic E-state index is 12.2. The average molecular weight is 348 g/mol. The second kappa shape index (κ2) is 6.41. The summed E-state index contributed by atoms with van der Waals surface area (Å²) in [5.74, 6) is -0.218. The van der Waals surface area contributed by atoms with Gasteiger partial charge in [-0.15, -0.1) is 0 Å². The van der Waals surface area contributed by atoms with Gasteiger partial charge in [0.15, 0.2) is 0 Å². The van der Waals surface area contributed by atoms with E-state index >= 15 is 0 Å². The van der Waals surface area contributed by atoms with Crippen LogP contribution in [0.5, 0.6) is 0 Å². The van der Waals surface area contributed by atoms with Gasteiger partial charge in [0.2, 0.25) is 5.91 Å². The molecule has 1 amide bonds. The van der Waals surface area contributed by atoms with E-state index in [1.54, 1.807) is 6.92 Å². The molecule has 1 unspecified atom stereocenters. The molecule has 0 fully saturated rings. The Bertz CT molecular complexity index is 638. The molecule has 0 saturated carbocycles. The molecule has 110 valence electrons. The van der Waals surface area contributed by atoms with Crippen molar-refractivity contribution in [3.63, 3.8) is 0 Å². The van der Waals surface area contributed by atoms with Crippen molar-refractivity contribution in [2.75, 3.05) is 5.32 Å². The summed E-state index contributed by atoms with van der Waals surface area (Å²) in [5.41, 5.74) is 1.25. The van der Waals surface area contributed by atoms with Gasteiger partial charge in [0.25, 0.3) is 0 Å². The second-order valence-corrected chi connectivity index (χ2v) is 6.13. The number of amides is 1. The lowest BCUT2D eigenvalue weighted by Gasteiger charge is -2.23. The van der Waals surface area contributed by atoms with Gasteiger partial charge in [-0.3, -0.25) is 4.79 Å². The zero-order valence-electron chi connectivity index (χ0n) is 12.1. The predicted octanol–water partition coefficient (Wildman–Crippen LogP) is 3.99. The van der Waals surface area contributed by atoms with Gasteiger partial charge in [-0.1, -0.05) is 52.3 Å².